The van der Waals surface area contributed by atoms with Gasteiger partial charge in [-0.05, 0) is 48.2 Å². The van der Waals surface area contributed by atoms with Gasteiger partial charge < -0.3 is 15.3 Å². The fourth-order valence-electron chi connectivity index (χ4n) is 6.07. The number of carbonyl (C=O) groups excluding carboxylic acids is 2. The minimum Gasteiger partial charge on any atom is -0.476 e. The number of benzene rings is 2. The molecule has 4 atom stereocenters. The lowest BCUT2D eigenvalue weighted by atomic mass is 9.76. The molecule has 1 aromatic heterocycles. The summed E-state index contributed by atoms with van der Waals surface area (Å²) in [5.41, 5.74) is 1.57. The molecule has 13 heteroatoms. The van der Waals surface area contributed by atoms with Crippen molar-refractivity contribution in [1.29, 1.82) is 0 Å². The van der Waals surface area contributed by atoms with E-state index in [4.69, 9.17) is 16.7 Å². The van der Waals surface area contributed by atoms with E-state index in [1.165, 1.54) is 16.9 Å². The van der Waals surface area contributed by atoms with Gasteiger partial charge in [-0.25, -0.2) is 17.9 Å². The van der Waals surface area contributed by atoms with E-state index in [0.717, 1.165) is 19.1 Å². The van der Waals surface area contributed by atoms with Crippen molar-refractivity contribution in [2.45, 2.75) is 56.3 Å². The van der Waals surface area contributed by atoms with Crippen molar-refractivity contribution in [3.63, 3.8) is 0 Å². The molecule has 3 aromatic rings. The first kappa shape index (κ1) is 29.7. The number of nitrogens with zero attached hydrogens (tertiary/aromatic N) is 3. The molecule has 0 saturated heterocycles. The zero-order chi connectivity index (χ0) is 30.0. The number of amides is 2. The zero-order valence-corrected chi connectivity index (χ0v) is 24.5. The Bertz CT molecular complexity index is 1590. The Morgan fingerprint density at radius 3 is 2.48 bits per heavy atom. The zero-order valence-electron chi connectivity index (χ0n) is 22.9. The summed E-state index contributed by atoms with van der Waals surface area (Å²) >= 11 is 6.21. The van der Waals surface area contributed by atoms with Crippen LogP contribution in [0.2, 0.25) is 5.02 Å². The summed E-state index contributed by atoms with van der Waals surface area (Å²) in [5, 5.41) is 16.6. The molecular weight excluding hydrogens is 582 g/mol. The maximum atomic E-state index is 14.2. The number of carboxylic acids is 1. The summed E-state index contributed by atoms with van der Waals surface area (Å²) in [6, 6.07) is 13.7. The van der Waals surface area contributed by atoms with Crippen LogP contribution < -0.4 is 10.0 Å². The summed E-state index contributed by atoms with van der Waals surface area (Å²) in [4.78, 5) is 41.2. The number of sulfonamides is 1. The lowest BCUT2D eigenvalue weighted by Gasteiger charge is -2.49. The topological polar surface area (TPSA) is 151 Å². The average molecular weight is 614 g/mol. The summed E-state index contributed by atoms with van der Waals surface area (Å²) in [7, 11) is -3.56. The van der Waals surface area contributed by atoms with Crippen LogP contribution in [0.5, 0.6) is 0 Å². The molecule has 2 aromatic carbocycles. The molecule has 0 unspecified atom stereocenters. The van der Waals surface area contributed by atoms with Crippen LogP contribution in [0.25, 0.3) is 0 Å². The first-order chi connectivity index (χ1) is 20.0. The van der Waals surface area contributed by atoms with Crippen LogP contribution in [0.1, 0.15) is 69.6 Å². The number of aromatic nitrogens is 2. The Morgan fingerprint density at radius 2 is 1.79 bits per heavy atom. The van der Waals surface area contributed by atoms with Crippen LogP contribution in [0.3, 0.4) is 0 Å². The van der Waals surface area contributed by atoms with E-state index < -0.39 is 40.0 Å². The molecule has 3 N–H and O–H groups in total. The third kappa shape index (κ3) is 6.35. The number of fused-ring (bicyclic) bond motifs is 1. The number of nitrogens with one attached hydrogen (secondary N) is 2. The predicted octanol–water partition coefficient (Wildman–Crippen LogP) is 3.19. The Kier molecular flexibility index (Phi) is 8.67. The minimum absolute atomic E-state index is 0.0933. The van der Waals surface area contributed by atoms with Gasteiger partial charge in [-0.2, -0.15) is 5.10 Å². The molecule has 1 aliphatic heterocycles. The van der Waals surface area contributed by atoms with Gasteiger partial charge in [0, 0.05) is 35.4 Å². The van der Waals surface area contributed by atoms with Crippen molar-refractivity contribution in [3.05, 3.63) is 88.2 Å². The summed E-state index contributed by atoms with van der Waals surface area (Å²) in [6.45, 7) is 0.409. The largest absolute Gasteiger partial charge is 0.476 e. The Balaban J connectivity index is 1.54. The second-order valence-corrected chi connectivity index (χ2v) is 12.9. The number of hydrogen-bond acceptors (Lipinski definition) is 6. The molecule has 222 valence electrons. The van der Waals surface area contributed by atoms with Crippen molar-refractivity contribution in [3.8, 4) is 0 Å². The maximum Gasteiger partial charge on any atom is 0.356 e. The fourth-order valence-corrected chi connectivity index (χ4v) is 7.03. The highest BCUT2D eigenvalue weighted by atomic mass is 35.5. The van der Waals surface area contributed by atoms with Crippen LogP contribution >= 0.6 is 11.6 Å². The highest BCUT2D eigenvalue weighted by Crippen LogP contribution is 2.46. The third-order valence-corrected chi connectivity index (χ3v) is 8.81. The molecule has 0 bridgehead atoms. The van der Waals surface area contributed by atoms with Gasteiger partial charge in [0.05, 0.1) is 24.8 Å². The van der Waals surface area contributed by atoms with Gasteiger partial charge >= 0.3 is 5.97 Å². The van der Waals surface area contributed by atoms with Gasteiger partial charge in [-0.1, -0.05) is 54.8 Å². The average Bonchev–Trinajstić information content (AvgIpc) is 3.43. The quantitative estimate of drug-likeness (QED) is 0.335. The molecule has 1 saturated carbocycles. The standard InChI is InChI=1S/C29H32ClN5O6S/c1-42(40,41)33-22-8-4-5-9-24(22)35-26(18-10-12-19(30)13-11-18)25(20-6-2-3-7-21(20)28(35)37)27(36)31-15-17-34-16-14-23(32-34)29(38)39/h2-3,6-7,10-14,16,22,24-26,33H,4-5,8-9,15,17H2,1H3,(H,31,36)(H,38,39)/t22-,24-,25+,26-/m0/s1. The van der Waals surface area contributed by atoms with E-state index in [0.29, 0.717) is 34.6 Å². The van der Waals surface area contributed by atoms with Crippen LogP contribution in [-0.2, 0) is 21.4 Å². The second kappa shape index (κ2) is 12.2. The molecule has 2 amide bonds. The SMILES string of the molecule is CS(=O)(=O)N[C@H]1CCCC[C@@H]1N1C(=O)c2ccccc2[C@@H](C(=O)NCCn2ccc(C(=O)O)n2)[C@@H]1c1ccc(Cl)cc1. The van der Waals surface area contributed by atoms with Gasteiger partial charge in [0.15, 0.2) is 5.69 Å². The number of aromatic carboxylic acids is 1. The summed E-state index contributed by atoms with van der Waals surface area (Å²) < 4.78 is 28.8. The first-order valence-electron chi connectivity index (χ1n) is 13.7. The number of hydrogen-bond donors (Lipinski definition) is 3. The van der Waals surface area contributed by atoms with Crippen LogP contribution in [0, 0.1) is 0 Å². The van der Waals surface area contributed by atoms with Crippen molar-refractivity contribution in [2.75, 3.05) is 12.8 Å². The maximum absolute atomic E-state index is 14.2. The van der Waals surface area contributed by atoms with Crippen LogP contribution in [-0.4, -0.2) is 70.9 Å². The second-order valence-electron chi connectivity index (χ2n) is 10.7. The third-order valence-electron chi connectivity index (χ3n) is 7.82. The first-order valence-corrected chi connectivity index (χ1v) is 16.0. The van der Waals surface area contributed by atoms with Crippen molar-refractivity contribution in [2.24, 2.45) is 0 Å². The smallest absolute Gasteiger partial charge is 0.356 e. The molecule has 2 heterocycles. The number of halogens is 1. The van der Waals surface area contributed by atoms with Gasteiger partial charge in [-0.15, -0.1) is 0 Å². The minimum atomic E-state index is -3.56. The fraction of sp³-hybridized carbons (Fsp3) is 0.379. The molecule has 42 heavy (non-hydrogen) atoms. The normalized spacial score (nSPS) is 22.4. The van der Waals surface area contributed by atoms with E-state index in [1.807, 2.05) is 0 Å². The molecular formula is C29H32ClN5O6S. The van der Waals surface area contributed by atoms with E-state index in [1.54, 1.807) is 53.4 Å². The van der Waals surface area contributed by atoms with E-state index in [9.17, 15) is 22.8 Å². The van der Waals surface area contributed by atoms with Crippen LogP contribution in [0.15, 0.2) is 60.8 Å². The van der Waals surface area contributed by atoms with Gasteiger partial charge in [0.25, 0.3) is 5.91 Å². The van der Waals surface area contributed by atoms with Crippen LogP contribution in [0.4, 0.5) is 0 Å². The van der Waals surface area contributed by atoms with Gasteiger partial charge in [-0.3, -0.25) is 14.3 Å². The Hall–Kier alpha value is -3.74. The number of carbonyl (C=O) groups is 3. The summed E-state index contributed by atoms with van der Waals surface area (Å²) in [6.07, 6.45) is 5.40. The summed E-state index contributed by atoms with van der Waals surface area (Å²) in [5.74, 6) is -2.54. The van der Waals surface area contributed by atoms with Gasteiger partial charge in [0.1, 0.15) is 0 Å². The molecule has 1 aliphatic carbocycles. The molecule has 1 fully saturated rings. The number of carboxylic acid groups (broad SMARTS) is 1. The lowest BCUT2D eigenvalue weighted by Crippen LogP contribution is -2.59. The molecule has 2 aliphatic rings. The van der Waals surface area contributed by atoms with E-state index in [-0.39, 0.29) is 30.6 Å². The highest BCUT2D eigenvalue weighted by Gasteiger charge is 2.48. The lowest BCUT2D eigenvalue weighted by molar-refractivity contribution is -0.124. The highest BCUT2D eigenvalue weighted by molar-refractivity contribution is 7.88. The monoisotopic (exact) mass is 613 g/mol. The molecule has 0 radical (unpaired) electrons. The van der Waals surface area contributed by atoms with Crippen molar-refractivity contribution in [1.82, 2.24) is 24.7 Å². The van der Waals surface area contributed by atoms with Crippen molar-refractivity contribution >= 4 is 39.4 Å². The van der Waals surface area contributed by atoms with Gasteiger partial charge in [0.2, 0.25) is 15.9 Å². The Labute approximate surface area is 248 Å². The van der Waals surface area contributed by atoms with Crippen molar-refractivity contribution < 1.29 is 27.9 Å². The molecule has 0 spiro atoms. The molecule has 5 rings (SSSR count). The number of rotatable bonds is 9. The molecule has 11 nitrogen and oxygen atoms in total. The predicted molar refractivity (Wildman–Crippen MR) is 156 cm³/mol. The van der Waals surface area contributed by atoms with E-state index in [2.05, 4.69) is 15.1 Å². The Morgan fingerprint density at radius 1 is 1.07 bits per heavy atom. The van der Waals surface area contributed by atoms with E-state index >= 15 is 0 Å².